The molecular weight excluding hydrogens is 617 g/mol. The zero-order chi connectivity index (χ0) is 34.1. The van der Waals surface area contributed by atoms with Crippen molar-refractivity contribution in [2.75, 3.05) is 0 Å². The van der Waals surface area contributed by atoms with Crippen LogP contribution in [0.1, 0.15) is 125 Å². The van der Waals surface area contributed by atoms with E-state index in [1.54, 1.807) is 11.3 Å². The number of aliphatic hydroxyl groups is 1. The van der Waals surface area contributed by atoms with E-state index in [1.807, 2.05) is 0 Å². The summed E-state index contributed by atoms with van der Waals surface area (Å²) in [7, 11) is -3.83. The first-order chi connectivity index (χ1) is 21.0. The third-order valence-electron chi connectivity index (χ3n) is 15.1. The molecule has 1 aromatic rings. The predicted molar refractivity (Wildman–Crippen MR) is 201 cm³/mol. The highest BCUT2D eigenvalue weighted by Crippen LogP contribution is 2.69. The van der Waals surface area contributed by atoms with Crippen LogP contribution in [0, 0.1) is 52.3 Å². The van der Waals surface area contributed by atoms with Gasteiger partial charge in [-0.3, -0.25) is 0 Å². The van der Waals surface area contributed by atoms with Crippen molar-refractivity contribution >= 4 is 28.0 Å². The minimum atomic E-state index is -1.98. The van der Waals surface area contributed by atoms with E-state index in [-0.39, 0.29) is 20.9 Å². The van der Waals surface area contributed by atoms with Gasteiger partial charge in [0.2, 0.25) is 0 Å². The zero-order valence-electron chi connectivity index (χ0n) is 31.8. The molecule has 1 aromatic heterocycles. The molecular formula is C40H68O3SSi2. The molecule has 3 nitrogen and oxygen atoms in total. The maximum absolute atomic E-state index is 12.0. The second-order valence-electron chi connectivity index (χ2n) is 19.9. The number of rotatable bonds is 6. The van der Waals surface area contributed by atoms with Crippen LogP contribution in [0.2, 0.25) is 36.3 Å². The van der Waals surface area contributed by atoms with E-state index in [1.165, 1.54) is 38.5 Å². The first-order valence-electron chi connectivity index (χ1n) is 18.6. The molecule has 6 heteroatoms. The fraction of sp³-hybridized carbons (Fsp3) is 0.850. The molecule has 4 aliphatic rings. The van der Waals surface area contributed by atoms with Crippen LogP contribution in [0.4, 0.5) is 0 Å². The van der Waals surface area contributed by atoms with Crippen LogP contribution < -0.4 is 0 Å². The lowest BCUT2D eigenvalue weighted by molar-refractivity contribution is -0.174. The second-order valence-corrected chi connectivity index (χ2v) is 30.4. The van der Waals surface area contributed by atoms with Gasteiger partial charge in [0.05, 0.1) is 10.5 Å². The maximum Gasteiger partial charge on any atom is 0.192 e. The average molecular weight is 685 g/mol. The summed E-state index contributed by atoms with van der Waals surface area (Å²) in [6.07, 6.45) is 10.9. The van der Waals surface area contributed by atoms with E-state index in [0.717, 1.165) is 23.6 Å². The minimum absolute atomic E-state index is 0.155. The molecule has 4 saturated carbocycles. The zero-order valence-corrected chi connectivity index (χ0v) is 34.6. The molecule has 0 saturated heterocycles. The van der Waals surface area contributed by atoms with Gasteiger partial charge in [-0.15, -0.1) is 11.3 Å². The second kappa shape index (κ2) is 12.4. The van der Waals surface area contributed by atoms with Crippen molar-refractivity contribution in [2.45, 2.75) is 174 Å². The SMILES string of the molecule is CC(C)(C)[Si](C)(C)O[C@H]1CC[C@@]2(C)[C@H](C1)[C@@H](O[Si](C)(C)C(C)(C)C)C[C@@H]1[C@@H]2CC[C@@]2(C)[C@H]1CC[C@@H]2[C@@](C)(O)CC#Cc1cccs1. The number of hydrogen-bond acceptors (Lipinski definition) is 4. The molecule has 4 fully saturated rings. The quantitative estimate of drug-likeness (QED) is 0.239. The molecule has 0 amide bonds. The Hall–Kier alpha value is -0.426. The molecule has 5 rings (SSSR count). The Morgan fingerprint density at radius 2 is 1.43 bits per heavy atom. The fourth-order valence-corrected chi connectivity index (χ4v) is 13.8. The summed E-state index contributed by atoms with van der Waals surface area (Å²) in [5.41, 5.74) is -0.322. The Morgan fingerprint density at radius 3 is 2.04 bits per heavy atom. The first-order valence-corrected chi connectivity index (χ1v) is 25.3. The summed E-state index contributed by atoms with van der Waals surface area (Å²) in [6.45, 7) is 31.4. The molecule has 0 bridgehead atoms. The summed E-state index contributed by atoms with van der Waals surface area (Å²) in [5.74, 6) is 9.62. The van der Waals surface area contributed by atoms with Crippen LogP contribution in [-0.2, 0) is 8.85 Å². The van der Waals surface area contributed by atoms with Gasteiger partial charge in [-0.05, 0) is 146 Å². The largest absolute Gasteiger partial charge is 0.414 e. The molecule has 46 heavy (non-hydrogen) atoms. The van der Waals surface area contributed by atoms with Crippen molar-refractivity contribution in [3.05, 3.63) is 22.4 Å². The average Bonchev–Trinajstić information content (AvgIpc) is 3.55. The fourth-order valence-electron chi connectivity index (χ4n) is 10.4. The topological polar surface area (TPSA) is 38.7 Å². The van der Waals surface area contributed by atoms with E-state index in [9.17, 15) is 5.11 Å². The van der Waals surface area contributed by atoms with Gasteiger partial charge < -0.3 is 14.0 Å². The normalized spacial score (nSPS) is 38.2. The van der Waals surface area contributed by atoms with Crippen LogP contribution in [0.3, 0.4) is 0 Å². The van der Waals surface area contributed by atoms with Gasteiger partial charge in [-0.25, -0.2) is 0 Å². The summed E-state index contributed by atoms with van der Waals surface area (Å²) >= 11 is 1.68. The Kier molecular flexibility index (Phi) is 9.94. The first kappa shape index (κ1) is 36.8. The molecule has 4 aliphatic carbocycles. The Morgan fingerprint density at radius 1 is 0.826 bits per heavy atom. The summed E-state index contributed by atoms with van der Waals surface area (Å²) in [4.78, 5) is 1.09. The van der Waals surface area contributed by atoms with Gasteiger partial charge >= 0.3 is 0 Å². The minimum Gasteiger partial charge on any atom is -0.414 e. The highest BCUT2D eigenvalue weighted by molar-refractivity contribution is 7.10. The van der Waals surface area contributed by atoms with Crippen molar-refractivity contribution in [1.29, 1.82) is 0 Å². The van der Waals surface area contributed by atoms with E-state index in [2.05, 4.69) is 118 Å². The molecule has 10 atom stereocenters. The smallest absolute Gasteiger partial charge is 0.192 e. The van der Waals surface area contributed by atoms with Crippen molar-refractivity contribution in [1.82, 2.24) is 0 Å². The van der Waals surface area contributed by atoms with Gasteiger partial charge in [-0.1, -0.05) is 73.3 Å². The van der Waals surface area contributed by atoms with E-state index in [0.29, 0.717) is 42.3 Å². The highest BCUT2D eigenvalue weighted by atomic mass is 32.1. The van der Waals surface area contributed by atoms with Gasteiger partial charge in [-0.2, -0.15) is 0 Å². The van der Waals surface area contributed by atoms with Crippen molar-refractivity contribution in [3.8, 4) is 11.8 Å². The standard InChI is InChI=1S/C40H68O3SSi2/c1-36(2,3)45(10,11)42-28-20-23-38(7)32-21-24-39(8)31(18-19-35(39)40(9,41)22-14-16-29-17-15-25-44-29)30(32)27-34(33(38)26-28)43-46(12,13)37(4,5)6/h15,17,25,28,30-35,41H,18-24,26-27H2,1-13H3/t28-,30-,31-,32-,33+,34-,35-,38+,39-,40-/m0/s1. The van der Waals surface area contributed by atoms with Crippen LogP contribution in [-0.4, -0.2) is 39.6 Å². The molecule has 0 spiro atoms. The number of hydrogen-bond donors (Lipinski definition) is 1. The molecule has 1 heterocycles. The molecule has 0 aromatic carbocycles. The third-order valence-corrected chi connectivity index (χ3v) is 24.9. The summed E-state index contributed by atoms with van der Waals surface area (Å²) in [5, 5.41) is 14.5. The highest BCUT2D eigenvalue weighted by Gasteiger charge is 2.65. The Labute approximate surface area is 289 Å². The molecule has 0 unspecified atom stereocenters. The van der Waals surface area contributed by atoms with Crippen LogP contribution in [0.15, 0.2) is 17.5 Å². The third kappa shape index (κ3) is 6.70. The van der Waals surface area contributed by atoms with Gasteiger partial charge in [0.1, 0.15) is 0 Å². The predicted octanol–water partition coefficient (Wildman–Crippen LogP) is 11.3. The van der Waals surface area contributed by atoms with Crippen molar-refractivity contribution in [2.24, 2.45) is 40.4 Å². The van der Waals surface area contributed by atoms with Gasteiger partial charge in [0, 0.05) is 18.6 Å². The van der Waals surface area contributed by atoms with Crippen molar-refractivity contribution < 1.29 is 14.0 Å². The van der Waals surface area contributed by atoms with Crippen LogP contribution >= 0.6 is 11.3 Å². The van der Waals surface area contributed by atoms with E-state index in [4.69, 9.17) is 8.85 Å². The number of fused-ring (bicyclic) bond motifs is 5. The monoisotopic (exact) mass is 684 g/mol. The maximum atomic E-state index is 12.0. The molecule has 1 N–H and O–H groups in total. The van der Waals surface area contributed by atoms with Crippen LogP contribution in [0.5, 0.6) is 0 Å². The molecule has 0 aliphatic heterocycles. The summed E-state index contributed by atoms with van der Waals surface area (Å²) in [6, 6.07) is 4.13. The Balaban J connectivity index is 1.42. The van der Waals surface area contributed by atoms with Gasteiger partial charge in [0.15, 0.2) is 16.6 Å². The van der Waals surface area contributed by atoms with E-state index >= 15 is 0 Å². The molecule has 0 radical (unpaired) electrons. The number of thiophene rings is 1. The van der Waals surface area contributed by atoms with E-state index < -0.39 is 22.2 Å². The lowest BCUT2D eigenvalue weighted by Crippen LogP contribution is -2.61. The van der Waals surface area contributed by atoms with Gasteiger partial charge in [0.25, 0.3) is 0 Å². The van der Waals surface area contributed by atoms with Crippen LogP contribution in [0.25, 0.3) is 0 Å². The van der Waals surface area contributed by atoms with Crippen molar-refractivity contribution in [3.63, 3.8) is 0 Å². The Bertz CT molecular complexity index is 1280. The molecule has 260 valence electrons. The lowest BCUT2D eigenvalue weighted by atomic mass is 9.43. The summed E-state index contributed by atoms with van der Waals surface area (Å²) < 4.78 is 14.7. The lowest BCUT2D eigenvalue weighted by Gasteiger charge is -2.64.